The van der Waals surface area contributed by atoms with Crippen molar-refractivity contribution in [3.63, 3.8) is 0 Å². The second-order valence-electron chi connectivity index (χ2n) is 8.14. The third kappa shape index (κ3) is 3.31. The van der Waals surface area contributed by atoms with Crippen LogP contribution in [-0.2, 0) is 0 Å². The molecule has 5 heteroatoms. The second-order valence-corrected chi connectivity index (χ2v) is 8.14. The Morgan fingerprint density at radius 3 is 2.57 bits per heavy atom. The van der Waals surface area contributed by atoms with Crippen LogP contribution in [0, 0.1) is 12.8 Å². The molecule has 1 saturated carbocycles. The lowest BCUT2D eigenvalue weighted by atomic mass is 10.1. The average molecular weight is 374 g/mol. The molecule has 2 aliphatic rings. The highest BCUT2D eigenvalue weighted by atomic mass is 16.1. The van der Waals surface area contributed by atoms with Crippen molar-refractivity contribution >= 4 is 16.6 Å². The van der Waals surface area contributed by atoms with E-state index in [1.807, 2.05) is 43.3 Å². The van der Waals surface area contributed by atoms with Crippen molar-refractivity contribution in [2.45, 2.75) is 19.8 Å². The van der Waals surface area contributed by atoms with Crippen LogP contribution in [0.2, 0.25) is 0 Å². The smallest absolute Gasteiger partial charge is 0.265 e. The van der Waals surface area contributed by atoms with Crippen LogP contribution in [-0.4, -0.2) is 47.2 Å². The molecule has 1 aromatic heterocycles. The van der Waals surface area contributed by atoms with E-state index >= 15 is 0 Å². The summed E-state index contributed by atoms with van der Waals surface area (Å²) in [5.41, 5.74) is 3.83. The Morgan fingerprint density at radius 2 is 1.82 bits per heavy atom. The van der Waals surface area contributed by atoms with Gasteiger partial charge in [0.25, 0.3) is 5.56 Å². The Morgan fingerprint density at radius 1 is 1.04 bits per heavy atom. The van der Waals surface area contributed by atoms with Crippen LogP contribution in [0.3, 0.4) is 0 Å². The molecule has 2 fully saturated rings. The summed E-state index contributed by atoms with van der Waals surface area (Å²) in [6.45, 7) is 7.53. The summed E-state index contributed by atoms with van der Waals surface area (Å²) in [6.07, 6.45) is 4.46. The molecular formula is C23H26N4O. The molecule has 2 heterocycles. The van der Waals surface area contributed by atoms with Crippen LogP contribution in [0.5, 0.6) is 0 Å². The zero-order valence-corrected chi connectivity index (χ0v) is 16.3. The fourth-order valence-electron chi connectivity index (χ4n) is 4.17. The largest absolute Gasteiger partial charge is 0.369 e. The first-order valence-electron chi connectivity index (χ1n) is 10.2. The van der Waals surface area contributed by atoms with Gasteiger partial charge >= 0.3 is 0 Å². The maximum absolute atomic E-state index is 13.2. The number of anilines is 1. The summed E-state index contributed by atoms with van der Waals surface area (Å²) in [4.78, 5) is 22.7. The van der Waals surface area contributed by atoms with E-state index in [0.717, 1.165) is 54.6 Å². The maximum Gasteiger partial charge on any atom is 0.265 e. The Balaban J connectivity index is 1.44. The molecule has 0 amide bonds. The van der Waals surface area contributed by atoms with Gasteiger partial charge in [-0.3, -0.25) is 14.3 Å². The summed E-state index contributed by atoms with van der Waals surface area (Å²) < 4.78 is 1.66. The zero-order chi connectivity index (χ0) is 19.1. The number of fused-ring (bicyclic) bond motifs is 1. The van der Waals surface area contributed by atoms with Gasteiger partial charge in [0.05, 0.1) is 16.6 Å². The number of aromatic nitrogens is 2. The lowest BCUT2D eigenvalue weighted by molar-refractivity contribution is 0.248. The Kier molecular flexibility index (Phi) is 4.40. The number of para-hydroxylation sites is 1. The first kappa shape index (κ1) is 17.4. The van der Waals surface area contributed by atoms with Gasteiger partial charge in [0.15, 0.2) is 0 Å². The minimum absolute atomic E-state index is 0.00600. The number of piperazine rings is 1. The average Bonchev–Trinajstić information content (AvgIpc) is 3.54. The maximum atomic E-state index is 13.2. The highest BCUT2D eigenvalue weighted by molar-refractivity contribution is 5.82. The summed E-state index contributed by atoms with van der Waals surface area (Å²) in [6, 6.07) is 14.0. The van der Waals surface area contributed by atoms with Gasteiger partial charge in [0.1, 0.15) is 6.33 Å². The topological polar surface area (TPSA) is 41.4 Å². The lowest BCUT2D eigenvalue weighted by Gasteiger charge is -2.36. The van der Waals surface area contributed by atoms with Crippen LogP contribution in [0.4, 0.5) is 5.69 Å². The van der Waals surface area contributed by atoms with Crippen LogP contribution in [0.1, 0.15) is 18.4 Å². The van der Waals surface area contributed by atoms with Crippen molar-refractivity contribution in [1.29, 1.82) is 0 Å². The van der Waals surface area contributed by atoms with Gasteiger partial charge in [-0.2, -0.15) is 0 Å². The van der Waals surface area contributed by atoms with Gasteiger partial charge < -0.3 is 4.90 Å². The van der Waals surface area contributed by atoms with Gasteiger partial charge in [-0.1, -0.05) is 18.2 Å². The normalized spacial score (nSPS) is 18.0. The molecule has 28 heavy (non-hydrogen) atoms. The van der Waals surface area contributed by atoms with Gasteiger partial charge in [0, 0.05) is 38.4 Å². The third-order valence-corrected chi connectivity index (χ3v) is 6.07. The van der Waals surface area contributed by atoms with Gasteiger partial charge in [0.2, 0.25) is 0 Å². The fourth-order valence-corrected chi connectivity index (χ4v) is 4.17. The van der Waals surface area contributed by atoms with E-state index in [-0.39, 0.29) is 5.56 Å². The van der Waals surface area contributed by atoms with Crippen LogP contribution in [0.15, 0.2) is 53.6 Å². The number of nitrogens with zero attached hydrogens (tertiary/aromatic N) is 4. The molecule has 1 saturated heterocycles. The Labute approximate surface area is 165 Å². The molecule has 3 aromatic rings. The molecule has 5 rings (SSSR count). The molecule has 0 radical (unpaired) electrons. The number of hydrogen-bond donors (Lipinski definition) is 0. The first-order chi connectivity index (χ1) is 13.7. The van der Waals surface area contributed by atoms with Crippen molar-refractivity contribution in [1.82, 2.24) is 14.5 Å². The van der Waals surface area contributed by atoms with Crippen molar-refractivity contribution < 1.29 is 0 Å². The highest BCUT2D eigenvalue weighted by Crippen LogP contribution is 2.30. The quantitative estimate of drug-likeness (QED) is 0.703. The molecule has 0 bridgehead atoms. The standard InChI is InChI=1S/C23H26N4O/c1-17-4-2-3-5-22(17)27-16-24-21-9-8-19(14-20(21)23(27)28)26-12-10-25(11-13-26)15-18-6-7-18/h2-5,8-9,14,16,18H,6-7,10-13,15H2,1H3. The molecule has 2 aromatic carbocycles. The Hall–Kier alpha value is -2.66. The minimum atomic E-state index is -0.00600. The van der Waals surface area contributed by atoms with Gasteiger partial charge in [-0.05, 0) is 55.5 Å². The minimum Gasteiger partial charge on any atom is -0.369 e. The number of rotatable bonds is 4. The van der Waals surface area contributed by atoms with E-state index in [1.165, 1.54) is 19.4 Å². The molecule has 5 nitrogen and oxygen atoms in total. The van der Waals surface area contributed by atoms with E-state index < -0.39 is 0 Å². The summed E-state index contributed by atoms with van der Waals surface area (Å²) in [5, 5.41) is 0.684. The second kappa shape index (κ2) is 7.06. The predicted octanol–water partition coefficient (Wildman–Crippen LogP) is 3.23. The van der Waals surface area contributed by atoms with Crippen molar-refractivity contribution in [3.8, 4) is 5.69 Å². The third-order valence-electron chi connectivity index (χ3n) is 6.07. The van der Waals surface area contributed by atoms with Crippen molar-refractivity contribution in [2.75, 3.05) is 37.6 Å². The predicted molar refractivity (Wildman–Crippen MR) is 113 cm³/mol. The molecule has 0 spiro atoms. The van der Waals surface area contributed by atoms with Crippen molar-refractivity contribution in [2.24, 2.45) is 5.92 Å². The summed E-state index contributed by atoms with van der Waals surface area (Å²) in [7, 11) is 0. The molecule has 0 N–H and O–H groups in total. The van der Waals surface area contributed by atoms with Crippen molar-refractivity contribution in [3.05, 3.63) is 64.7 Å². The van der Waals surface area contributed by atoms with E-state index in [2.05, 4.69) is 20.9 Å². The lowest BCUT2D eigenvalue weighted by Crippen LogP contribution is -2.47. The number of aryl methyl sites for hydroxylation is 1. The number of benzene rings is 2. The molecule has 0 unspecified atom stereocenters. The van der Waals surface area contributed by atoms with Crippen LogP contribution >= 0.6 is 0 Å². The fraction of sp³-hybridized carbons (Fsp3) is 0.391. The van der Waals surface area contributed by atoms with E-state index in [0.29, 0.717) is 5.39 Å². The monoisotopic (exact) mass is 374 g/mol. The summed E-state index contributed by atoms with van der Waals surface area (Å²) in [5.74, 6) is 0.943. The van der Waals surface area contributed by atoms with E-state index in [9.17, 15) is 4.79 Å². The molecule has 0 atom stereocenters. The summed E-state index contributed by atoms with van der Waals surface area (Å²) >= 11 is 0. The SMILES string of the molecule is Cc1ccccc1-n1cnc2ccc(N3CCN(CC4CC4)CC3)cc2c1=O. The van der Waals surface area contributed by atoms with Crippen LogP contribution < -0.4 is 10.5 Å². The van der Waals surface area contributed by atoms with Gasteiger partial charge in [-0.15, -0.1) is 0 Å². The first-order valence-corrected chi connectivity index (χ1v) is 10.2. The Bertz CT molecular complexity index is 1060. The van der Waals surface area contributed by atoms with Crippen LogP contribution in [0.25, 0.3) is 16.6 Å². The van der Waals surface area contributed by atoms with Gasteiger partial charge in [-0.25, -0.2) is 4.98 Å². The highest BCUT2D eigenvalue weighted by Gasteiger charge is 2.26. The molecule has 1 aliphatic carbocycles. The van der Waals surface area contributed by atoms with E-state index in [4.69, 9.17) is 0 Å². The molecule has 144 valence electrons. The molecule has 1 aliphatic heterocycles. The zero-order valence-electron chi connectivity index (χ0n) is 16.3. The van der Waals surface area contributed by atoms with E-state index in [1.54, 1.807) is 10.9 Å². The number of hydrogen-bond acceptors (Lipinski definition) is 4. The molecular weight excluding hydrogens is 348 g/mol.